The molecule has 1 amide bonds. The van der Waals surface area contributed by atoms with Crippen LogP contribution < -0.4 is 11.1 Å². The van der Waals surface area contributed by atoms with Crippen LogP contribution in [0.3, 0.4) is 0 Å². The molecule has 0 aliphatic carbocycles. The monoisotopic (exact) mass is 290 g/mol. The van der Waals surface area contributed by atoms with Crippen LogP contribution in [0.25, 0.3) is 0 Å². The molecule has 0 saturated heterocycles. The number of aryl methyl sites for hydroxylation is 1. The molecule has 0 saturated carbocycles. The van der Waals surface area contributed by atoms with Crippen LogP contribution in [0.5, 0.6) is 0 Å². The van der Waals surface area contributed by atoms with Crippen molar-refractivity contribution in [1.82, 2.24) is 14.9 Å². The Bertz CT molecular complexity index is 565. The molecule has 0 atom stereocenters. The fraction of sp³-hybridized carbons (Fsp3) is 0.357. The molecule has 0 bridgehead atoms. The van der Waals surface area contributed by atoms with E-state index in [9.17, 15) is 4.79 Å². The first kappa shape index (κ1) is 14.5. The van der Waals surface area contributed by atoms with E-state index in [1.165, 1.54) is 0 Å². The van der Waals surface area contributed by atoms with Crippen molar-refractivity contribution < 1.29 is 4.79 Å². The lowest BCUT2D eigenvalue weighted by Crippen LogP contribution is -2.25. The van der Waals surface area contributed by atoms with E-state index < -0.39 is 0 Å². The van der Waals surface area contributed by atoms with Gasteiger partial charge in [-0.1, -0.05) is 30.0 Å². The van der Waals surface area contributed by atoms with Crippen LogP contribution in [-0.2, 0) is 12.8 Å². The zero-order chi connectivity index (χ0) is 14.4. The summed E-state index contributed by atoms with van der Waals surface area (Å²) >= 11 is 1.16. The van der Waals surface area contributed by atoms with Crippen molar-refractivity contribution in [3.05, 3.63) is 40.4 Å². The number of nitrogens with two attached hydrogens (primary N) is 1. The van der Waals surface area contributed by atoms with E-state index >= 15 is 0 Å². The second kappa shape index (κ2) is 7.00. The van der Waals surface area contributed by atoms with Gasteiger partial charge in [-0.3, -0.25) is 4.79 Å². The first-order valence-corrected chi connectivity index (χ1v) is 7.42. The van der Waals surface area contributed by atoms with Crippen molar-refractivity contribution in [3.8, 4) is 0 Å². The lowest BCUT2D eigenvalue weighted by Gasteiger charge is -2.05. The summed E-state index contributed by atoms with van der Waals surface area (Å²) in [6.07, 6.45) is 2.52. The van der Waals surface area contributed by atoms with Crippen molar-refractivity contribution in [2.75, 3.05) is 12.3 Å². The van der Waals surface area contributed by atoms with Crippen LogP contribution >= 0.6 is 11.5 Å². The Balaban J connectivity index is 1.85. The number of amides is 1. The molecular weight excluding hydrogens is 272 g/mol. The van der Waals surface area contributed by atoms with Gasteiger partial charge in [0.2, 0.25) is 0 Å². The van der Waals surface area contributed by atoms with E-state index in [1.54, 1.807) is 0 Å². The van der Waals surface area contributed by atoms with Crippen LogP contribution in [0.4, 0.5) is 5.69 Å². The van der Waals surface area contributed by atoms with Crippen molar-refractivity contribution in [3.63, 3.8) is 0 Å². The minimum atomic E-state index is -0.0844. The molecule has 20 heavy (non-hydrogen) atoms. The smallest absolute Gasteiger partial charge is 0.264 e. The summed E-state index contributed by atoms with van der Waals surface area (Å²) in [6, 6.07) is 7.67. The maximum Gasteiger partial charge on any atom is 0.264 e. The van der Waals surface area contributed by atoms with Gasteiger partial charge in [-0.2, -0.15) is 0 Å². The van der Waals surface area contributed by atoms with Crippen molar-refractivity contribution >= 4 is 23.1 Å². The summed E-state index contributed by atoms with van der Waals surface area (Å²) in [5.41, 5.74) is 8.32. The highest BCUT2D eigenvalue weighted by atomic mass is 32.1. The number of nitrogen functional groups attached to an aromatic ring is 1. The molecule has 0 radical (unpaired) electrons. The molecule has 2 aromatic rings. The van der Waals surface area contributed by atoms with Gasteiger partial charge in [0.05, 0.1) is 5.69 Å². The Labute approximate surface area is 122 Å². The summed E-state index contributed by atoms with van der Waals surface area (Å²) in [5.74, 6) is -0.0844. The van der Waals surface area contributed by atoms with Gasteiger partial charge >= 0.3 is 0 Å². The molecule has 0 unspecified atom stereocenters. The normalized spacial score (nSPS) is 10.4. The summed E-state index contributed by atoms with van der Waals surface area (Å²) in [7, 11) is 0. The van der Waals surface area contributed by atoms with Gasteiger partial charge < -0.3 is 11.1 Å². The molecule has 1 aromatic heterocycles. The van der Waals surface area contributed by atoms with E-state index in [1.807, 2.05) is 24.3 Å². The van der Waals surface area contributed by atoms with Crippen LogP contribution in [0.2, 0.25) is 0 Å². The number of hydrogen-bond acceptors (Lipinski definition) is 5. The number of anilines is 1. The summed E-state index contributed by atoms with van der Waals surface area (Å²) in [6.45, 7) is 2.65. The molecule has 6 heteroatoms. The molecule has 1 aromatic carbocycles. The number of nitrogens with zero attached hydrogens (tertiary/aromatic N) is 2. The highest BCUT2D eigenvalue weighted by molar-refractivity contribution is 7.08. The predicted octanol–water partition coefficient (Wildman–Crippen LogP) is 2.05. The van der Waals surface area contributed by atoms with Gasteiger partial charge in [0.25, 0.3) is 5.91 Å². The molecule has 1 heterocycles. The Kier molecular flexibility index (Phi) is 5.06. The van der Waals surface area contributed by atoms with Crippen LogP contribution in [0.15, 0.2) is 24.3 Å². The number of nitrogens with one attached hydrogen (secondary N) is 1. The standard InChI is InChI=1S/C14H18N4OS/c1-2-3-12-13(20-18-17-12)14(19)16-9-8-10-4-6-11(15)7-5-10/h4-7H,2-3,8-9,15H2,1H3,(H,16,19). The Hall–Kier alpha value is -1.95. The zero-order valence-electron chi connectivity index (χ0n) is 11.4. The van der Waals surface area contributed by atoms with Crippen molar-refractivity contribution in [1.29, 1.82) is 0 Å². The van der Waals surface area contributed by atoms with Gasteiger partial charge in [0, 0.05) is 12.2 Å². The predicted molar refractivity (Wildman–Crippen MR) is 80.8 cm³/mol. The molecule has 106 valence electrons. The minimum Gasteiger partial charge on any atom is -0.399 e. The summed E-state index contributed by atoms with van der Waals surface area (Å²) in [5, 5.41) is 6.90. The van der Waals surface area contributed by atoms with E-state index in [0.717, 1.165) is 47.7 Å². The molecule has 2 rings (SSSR count). The highest BCUT2D eigenvalue weighted by Gasteiger charge is 2.14. The van der Waals surface area contributed by atoms with E-state index in [2.05, 4.69) is 21.8 Å². The summed E-state index contributed by atoms with van der Waals surface area (Å²) < 4.78 is 3.85. The van der Waals surface area contributed by atoms with E-state index in [-0.39, 0.29) is 5.91 Å². The van der Waals surface area contributed by atoms with Gasteiger partial charge in [-0.05, 0) is 42.1 Å². The number of benzene rings is 1. The average molecular weight is 290 g/mol. The number of hydrogen-bond donors (Lipinski definition) is 2. The maximum atomic E-state index is 12.0. The molecule has 0 aliphatic rings. The zero-order valence-corrected chi connectivity index (χ0v) is 12.2. The van der Waals surface area contributed by atoms with Gasteiger partial charge in [0.1, 0.15) is 4.88 Å². The van der Waals surface area contributed by atoms with Gasteiger partial charge in [-0.15, -0.1) is 5.10 Å². The third-order valence-corrected chi connectivity index (χ3v) is 3.69. The number of carbonyl (C=O) groups is 1. The minimum absolute atomic E-state index is 0.0844. The highest BCUT2D eigenvalue weighted by Crippen LogP contribution is 2.12. The second-order valence-electron chi connectivity index (χ2n) is 4.55. The first-order chi connectivity index (χ1) is 9.70. The van der Waals surface area contributed by atoms with E-state index in [4.69, 9.17) is 5.73 Å². The quantitative estimate of drug-likeness (QED) is 0.798. The lowest BCUT2D eigenvalue weighted by molar-refractivity contribution is 0.0957. The average Bonchev–Trinajstić information content (AvgIpc) is 2.90. The lowest BCUT2D eigenvalue weighted by atomic mass is 10.1. The number of rotatable bonds is 6. The first-order valence-electron chi connectivity index (χ1n) is 6.64. The van der Waals surface area contributed by atoms with E-state index in [0.29, 0.717) is 11.4 Å². The molecule has 3 N–H and O–H groups in total. The molecular formula is C14H18N4OS. The summed E-state index contributed by atoms with van der Waals surface area (Å²) in [4.78, 5) is 12.7. The van der Waals surface area contributed by atoms with Crippen LogP contribution in [0.1, 0.15) is 34.3 Å². The fourth-order valence-electron chi connectivity index (χ4n) is 1.87. The molecule has 0 aliphatic heterocycles. The van der Waals surface area contributed by atoms with Crippen molar-refractivity contribution in [2.45, 2.75) is 26.2 Å². The largest absolute Gasteiger partial charge is 0.399 e. The molecule has 5 nitrogen and oxygen atoms in total. The SMILES string of the molecule is CCCc1nnsc1C(=O)NCCc1ccc(N)cc1. The van der Waals surface area contributed by atoms with Gasteiger partial charge in [-0.25, -0.2) is 0 Å². The van der Waals surface area contributed by atoms with Crippen molar-refractivity contribution in [2.24, 2.45) is 0 Å². The maximum absolute atomic E-state index is 12.0. The topological polar surface area (TPSA) is 80.9 Å². The third-order valence-electron chi connectivity index (χ3n) is 2.93. The molecule has 0 spiro atoms. The Morgan fingerprint density at radius 3 is 2.75 bits per heavy atom. The molecule has 0 fully saturated rings. The Morgan fingerprint density at radius 2 is 2.05 bits per heavy atom. The fourth-order valence-corrected chi connectivity index (χ4v) is 2.49. The van der Waals surface area contributed by atoms with Crippen LogP contribution in [0, 0.1) is 0 Å². The second-order valence-corrected chi connectivity index (χ2v) is 5.30. The van der Waals surface area contributed by atoms with Crippen LogP contribution in [-0.4, -0.2) is 22.0 Å². The van der Waals surface area contributed by atoms with Gasteiger partial charge in [0.15, 0.2) is 0 Å². The Morgan fingerprint density at radius 1 is 1.30 bits per heavy atom. The third kappa shape index (κ3) is 3.77. The number of carbonyl (C=O) groups excluding carboxylic acids is 1. The number of aromatic nitrogens is 2.